The molecule has 0 aliphatic carbocycles. The lowest BCUT2D eigenvalue weighted by molar-refractivity contribution is 0.100. The van der Waals surface area contributed by atoms with Crippen LogP contribution in [0.2, 0.25) is 0 Å². The Kier molecular flexibility index (Phi) is 6.18. The van der Waals surface area contributed by atoms with Crippen LogP contribution in [0.1, 0.15) is 48.3 Å². The molecule has 27 heavy (non-hydrogen) atoms. The predicted molar refractivity (Wildman–Crippen MR) is 111 cm³/mol. The van der Waals surface area contributed by atoms with Crippen LogP contribution in [-0.4, -0.2) is 47.8 Å². The van der Waals surface area contributed by atoms with Crippen LogP contribution in [0, 0.1) is 0 Å². The lowest BCUT2D eigenvalue weighted by Crippen LogP contribution is -2.44. The second-order valence-corrected chi connectivity index (χ2v) is 8.30. The molecular weight excluding hydrogens is 362 g/mol. The van der Waals surface area contributed by atoms with Gasteiger partial charge in [-0.05, 0) is 37.8 Å². The molecule has 3 heterocycles. The molecule has 7 nitrogen and oxygen atoms in total. The average molecular weight is 392 g/mol. The molecule has 1 atom stereocenters. The van der Waals surface area contributed by atoms with Crippen LogP contribution in [0.3, 0.4) is 0 Å². The van der Waals surface area contributed by atoms with Crippen molar-refractivity contribution in [2.45, 2.75) is 51.7 Å². The van der Waals surface area contributed by atoms with Gasteiger partial charge in [-0.3, -0.25) is 4.79 Å². The first-order valence-electron chi connectivity index (χ1n) is 9.58. The van der Waals surface area contributed by atoms with Crippen LogP contribution in [0.4, 0.5) is 11.5 Å². The third-order valence-electron chi connectivity index (χ3n) is 5.03. The van der Waals surface area contributed by atoms with Crippen molar-refractivity contribution in [2.24, 2.45) is 5.73 Å². The number of aromatic nitrogens is 1. The van der Waals surface area contributed by atoms with Crippen LogP contribution < -0.4 is 21.7 Å². The van der Waals surface area contributed by atoms with Gasteiger partial charge in [0.05, 0.1) is 11.8 Å². The number of hydrogen-bond donors (Lipinski definition) is 4. The quantitative estimate of drug-likeness (QED) is 0.572. The van der Waals surface area contributed by atoms with Gasteiger partial charge in [0.1, 0.15) is 15.5 Å². The summed E-state index contributed by atoms with van der Waals surface area (Å²) in [5, 5.41) is 13.7. The predicted octanol–water partition coefficient (Wildman–Crippen LogP) is 1.87. The summed E-state index contributed by atoms with van der Waals surface area (Å²) >= 11 is 1.28. The molecule has 1 fully saturated rings. The molecule has 1 aliphatic heterocycles. The van der Waals surface area contributed by atoms with E-state index in [0.29, 0.717) is 23.2 Å². The molecule has 3 rings (SSSR count). The summed E-state index contributed by atoms with van der Waals surface area (Å²) in [5.41, 5.74) is 13.3. The molecule has 8 heteroatoms. The first-order chi connectivity index (χ1) is 12.9. The molecule has 0 bridgehead atoms. The van der Waals surface area contributed by atoms with Crippen molar-refractivity contribution < 1.29 is 9.90 Å². The fourth-order valence-corrected chi connectivity index (χ4v) is 4.63. The first-order valence-corrected chi connectivity index (χ1v) is 10.4. The van der Waals surface area contributed by atoms with E-state index < -0.39 is 5.91 Å². The number of carbonyl (C=O) groups is 1. The summed E-state index contributed by atoms with van der Waals surface area (Å²) in [6.45, 7) is 6.36. The van der Waals surface area contributed by atoms with E-state index in [2.05, 4.69) is 23.2 Å². The zero-order valence-corrected chi connectivity index (χ0v) is 16.8. The smallest absolute Gasteiger partial charge is 0.260 e. The molecule has 0 unspecified atom stereocenters. The number of aliphatic hydroxyl groups excluding tert-OH is 1. The highest BCUT2D eigenvalue weighted by Gasteiger charge is 2.23. The molecule has 0 saturated carbocycles. The maximum absolute atomic E-state index is 11.7. The van der Waals surface area contributed by atoms with Crippen molar-refractivity contribution in [3.63, 3.8) is 0 Å². The van der Waals surface area contributed by atoms with Crippen molar-refractivity contribution in [2.75, 3.05) is 30.3 Å². The Bertz CT molecular complexity index is 812. The number of nitrogens with two attached hydrogens (primary N) is 2. The fraction of sp³-hybridized carbons (Fsp3) is 0.579. The summed E-state index contributed by atoms with van der Waals surface area (Å²) in [7, 11) is 0. The van der Waals surface area contributed by atoms with E-state index in [1.807, 2.05) is 0 Å². The van der Waals surface area contributed by atoms with E-state index in [1.54, 1.807) is 6.92 Å². The summed E-state index contributed by atoms with van der Waals surface area (Å²) in [6, 6.07) is 2.54. The number of pyridine rings is 1. The van der Waals surface area contributed by atoms with Gasteiger partial charge in [-0.2, -0.15) is 0 Å². The molecule has 6 N–H and O–H groups in total. The van der Waals surface area contributed by atoms with Gasteiger partial charge >= 0.3 is 0 Å². The minimum Gasteiger partial charge on any atom is -0.397 e. The zero-order chi connectivity index (χ0) is 19.6. The van der Waals surface area contributed by atoms with E-state index in [-0.39, 0.29) is 6.10 Å². The van der Waals surface area contributed by atoms with Gasteiger partial charge in [-0.1, -0.05) is 13.3 Å². The Morgan fingerprint density at radius 1 is 1.48 bits per heavy atom. The maximum atomic E-state index is 11.7. The number of nitrogen functional groups attached to an aromatic ring is 1. The number of aryl methyl sites for hydroxylation is 1. The van der Waals surface area contributed by atoms with Gasteiger partial charge in [-0.25, -0.2) is 4.98 Å². The van der Waals surface area contributed by atoms with Crippen LogP contribution in [0.15, 0.2) is 6.07 Å². The number of piperidine rings is 1. The number of rotatable bonds is 7. The summed E-state index contributed by atoms with van der Waals surface area (Å²) < 4.78 is 0. The Balaban J connectivity index is 1.84. The van der Waals surface area contributed by atoms with E-state index in [4.69, 9.17) is 16.5 Å². The molecule has 0 radical (unpaired) electrons. The summed E-state index contributed by atoms with van der Waals surface area (Å²) in [4.78, 5) is 20.0. The molecule has 148 valence electrons. The van der Waals surface area contributed by atoms with E-state index in [0.717, 1.165) is 60.4 Å². The number of primary amides is 1. The van der Waals surface area contributed by atoms with Crippen molar-refractivity contribution in [1.29, 1.82) is 0 Å². The number of hydrogen-bond acceptors (Lipinski definition) is 7. The van der Waals surface area contributed by atoms with Crippen LogP contribution in [-0.2, 0) is 6.42 Å². The van der Waals surface area contributed by atoms with Crippen molar-refractivity contribution in [3.05, 3.63) is 16.5 Å². The number of nitrogens with one attached hydrogen (secondary N) is 1. The second-order valence-electron chi connectivity index (χ2n) is 7.30. The minimum absolute atomic E-state index is 0.326. The third-order valence-corrected chi connectivity index (χ3v) is 6.15. The van der Waals surface area contributed by atoms with Gasteiger partial charge in [0, 0.05) is 31.1 Å². The second kappa shape index (κ2) is 8.41. The number of fused-ring (bicyclic) bond motifs is 1. The molecule has 2 aromatic rings. The van der Waals surface area contributed by atoms with E-state index in [9.17, 15) is 9.90 Å². The van der Waals surface area contributed by atoms with Crippen LogP contribution >= 0.6 is 11.3 Å². The average Bonchev–Trinajstić information content (AvgIpc) is 2.98. The Labute approximate surface area is 163 Å². The zero-order valence-electron chi connectivity index (χ0n) is 16.0. The fourth-order valence-electron chi connectivity index (χ4n) is 3.65. The number of nitrogens with zero attached hydrogens (tertiary/aromatic N) is 2. The molecule has 2 aromatic heterocycles. The Morgan fingerprint density at radius 2 is 2.19 bits per heavy atom. The van der Waals surface area contributed by atoms with E-state index >= 15 is 0 Å². The number of amides is 1. The number of thiophene rings is 1. The lowest BCUT2D eigenvalue weighted by atomic mass is 10.0. The lowest BCUT2D eigenvalue weighted by Gasteiger charge is -2.33. The molecule has 1 amide bonds. The topological polar surface area (TPSA) is 117 Å². The molecular formula is C19H29N5O2S. The monoisotopic (exact) mass is 391 g/mol. The van der Waals surface area contributed by atoms with Crippen LogP contribution in [0.25, 0.3) is 10.2 Å². The number of anilines is 2. The summed E-state index contributed by atoms with van der Waals surface area (Å²) in [5.74, 6) is 0.446. The first kappa shape index (κ1) is 19.9. The normalized spacial score (nSPS) is 16.8. The van der Waals surface area contributed by atoms with Crippen molar-refractivity contribution in [3.8, 4) is 0 Å². The largest absolute Gasteiger partial charge is 0.397 e. The molecule has 0 spiro atoms. The molecule has 1 saturated heterocycles. The van der Waals surface area contributed by atoms with Crippen LogP contribution in [0.5, 0.6) is 0 Å². The highest BCUT2D eigenvalue weighted by molar-refractivity contribution is 7.21. The SMILES string of the molecule is CCCc1cc(N2CCC(NC[C@H](C)O)CC2)nc2sc(C(N)=O)c(N)c12. The van der Waals surface area contributed by atoms with Crippen molar-refractivity contribution in [1.82, 2.24) is 10.3 Å². The van der Waals surface area contributed by atoms with Crippen molar-refractivity contribution >= 4 is 39.0 Å². The minimum atomic E-state index is -0.496. The van der Waals surface area contributed by atoms with Gasteiger partial charge in [-0.15, -0.1) is 11.3 Å². The molecule has 0 aromatic carbocycles. The third kappa shape index (κ3) is 4.34. The summed E-state index contributed by atoms with van der Waals surface area (Å²) in [6.07, 6.45) is 3.57. The number of carbonyl (C=O) groups excluding carboxylic acids is 1. The van der Waals surface area contributed by atoms with Gasteiger partial charge in [0.2, 0.25) is 0 Å². The maximum Gasteiger partial charge on any atom is 0.260 e. The Hall–Kier alpha value is -1.90. The molecule has 1 aliphatic rings. The highest BCUT2D eigenvalue weighted by atomic mass is 32.1. The van der Waals surface area contributed by atoms with Gasteiger partial charge in [0.15, 0.2) is 0 Å². The van der Waals surface area contributed by atoms with Gasteiger partial charge < -0.3 is 26.8 Å². The highest BCUT2D eigenvalue weighted by Crippen LogP contribution is 2.37. The van der Waals surface area contributed by atoms with Gasteiger partial charge in [0.25, 0.3) is 5.91 Å². The van der Waals surface area contributed by atoms with E-state index in [1.165, 1.54) is 11.3 Å². The number of aliphatic hydroxyl groups is 1. The Morgan fingerprint density at radius 3 is 2.78 bits per heavy atom. The standard InChI is InChI=1S/C19H29N5O2S/c1-3-4-12-9-14(23-19-15(12)16(20)17(27-19)18(21)26)24-7-5-13(6-8-24)22-10-11(2)25/h9,11,13,22,25H,3-8,10,20H2,1-2H3,(H2,21,26)/t11-/m0/s1.